The summed E-state index contributed by atoms with van der Waals surface area (Å²) in [6.07, 6.45) is -0.287. The second-order valence-electron chi connectivity index (χ2n) is 4.82. The minimum Gasteiger partial charge on any atom is -0.352 e. The van der Waals surface area contributed by atoms with E-state index >= 15 is 0 Å². The Morgan fingerprint density at radius 3 is 2.52 bits per heavy atom. The smallest absolute Gasteiger partial charge is 0.233 e. The van der Waals surface area contributed by atoms with Crippen molar-refractivity contribution in [1.82, 2.24) is 5.32 Å². The first-order chi connectivity index (χ1) is 11.1. The van der Waals surface area contributed by atoms with Crippen LogP contribution in [-0.2, 0) is 16.1 Å². The standard InChI is InChI=1S/C17H14ClN3O2/c18-14-6-4-12(5-7-14)11-20-16(22)9-17(23)21-15-3-1-2-13(8-15)10-19/h1-8H,9,11H2,(H,20,22)(H,21,23). The largest absolute Gasteiger partial charge is 0.352 e. The van der Waals surface area contributed by atoms with Gasteiger partial charge in [-0.3, -0.25) is 9.59 Å². The summed E-state index contributed by atoms with van der Waals surface area (Å²) in [5.41, 5.74) is 1.82. The highest BCUT2D eigenvalue weighted by Gasteiger charge is 2.09. The fourth-order valence-electron chi connectivity index (χ4n) is 1.88. The highest BCUT2D eigenvalue weighted by Crippen LogP contribution is 2.10. The summed E-state index contributed by atoms with van der Waals surface area (Å²) >= 11 is 5.78. The molecular formula is C17H14ClN3O2. The Morgan fingerprint density at radius 1 is 1.09 bits per heavy atom. The Hall–Kier alpha value is -2.84. The molecule has 0 fully saturated rings. The van der Waals surface area contributed by atoms with Crippen molar-refractivity contribution in [3.8, 4) is 6.07 Å². The molecule has 0 spiro atoms. The molecule has 0 saturated heterocycles. The van der Waals surface area contributed by atoms with Crippen molar-refractivity contribution in [3.63, 3.8) is 0 Å². The Balaban J connectivity index is 1.81. The number of nitriles is 1. The van der Waals surface area contributed by atoms with Crippen molar-refractivity contribution in [2.75, 3.05) is 5.32 Å². The molecule has 0 radical (unpaired) electrons. The molecule has 2 aromatic rings. The van der Waals surface area contributed by atoms with Gasteiger partial charge in [-0.05, 0) is 35.9 Å². The molecule has 6 heteroatoms. The molecule has 0 saturated carbocycles. The predicted octanol–water partition coefficient (Wildman–Crippen LogP) is 2.86. The Kier molecular flexibility index (Phi) is 5.73. The molecule has 116 valence electrons. The molecule has 2 N–H and O–H groups in total. The first-order valence-corrected chi connectivity index (χ1v) is 7.26. The van der Waals surface area contributed by atoms with E-state index in [0.29, 0.717) is 22.8 Å². The molecule has 2 aromatic carbocycles. The third-order valence-electron chi connectivity index (χ3n) is 3.00. The van der Waals surface area contributed by atoms with Crippen LogP contribution in [-0.4, -0.2) is 11.8 Å². The van der Waals surface area contributed by atoms with Crippen molar-refractivity contribution >= 4 is 29.1 Å². The molecule has 0 heterocycles. The van der Waals surface area contributed by atoms with Crippen molar-refractivity contribution in [2.24, 2.45) is 0 Å². The number of amides is 2. The van der Waals surface area contributed by atoms with Gasteiger partial charge < -0.3 is 10.6 Å². The molecule has 5 nitrogen and oxygen atoms in total. The van der Waals surface area contributed by atoms with Crippen molar-refractivity contribution < 1.29 is 9.59 Å². The maximum atomic E-state index is 11.8. The quantitative estimate of drug-likeness (QED) is 0.828. The van der Waals surface area contributed by atoms with Crippen LogP contribution >= 0.6 is 11.6 Å². The van der Waals surface area contributed by atoms with Crippen molar-refractivity contribution in [3.05, 3.63) is 64.7 Å². The summed E-state index contributed by atoms with van der Waals surface area (Å²) in [7, 11) is 0. The number of anilines is 1. The lowest BCUT2D eigenvalue weighted by Gasteiger charge is -2.07. The summed E-state index contributed by atoms with van der Waals surface area (Å²) in [4.78, 5) is 23.6. The summed E-state index contributed by atoms with van der Waals surface area (Å²) < 4.78 is 0. The number of rotatable bonds is 5. The third kappa shape index (κ3) is 5.46. The fourth-order valence-corrected chi connectivity index (χ4v) is 2.01. The van der Waals surface area contributed by atoms with E-state index < -0.39 is 5.91 Å². The molecule has 0 aliphatic rings. The van der Waals surface area contributed by atoms with Crippen LogP contribution in [0.2, 0.25) is 5.02 Å². The normalized spacial score (nSPS) is 9.74. The van der Waals surface area contributed by atoms with Gasteiger partial charge in [-0.25, -0.2) is 0 Å². The average Bonchev–Trinajstić information content (AvgIpc) is 2.54. The van der Waals surface area contributed by atoms with Crippen LogP contribution in [0.15, 0.2) is 48.5 Å². The average molecular weight is 328 g/mol. The van der Waals surface area contributed by atoms with Crippen LogP contribution in [0.25, 0.3) is 0 Å². The first-order valence-electron chi connectivity index (χ1n) is 6.88. The molecule has 23 heavy (non-hydrogen) atoms. The van der Waals surface area contributed by atoms with E-state index in [9.17, 15) is 9.59 Å². The van der Waals surface area contributed by atoms with Gasteiger partial charge in [-0.2, -0.15) is 5.26 Å². The second-order valence-corrected chi connectivity index (χ2v) is 5.26. The van der Waals surface area contributed by atoms with Gasteiger partial charge >= 0.3 is 0 Å². The van der Waals surface area contributed by atoms with Crippen LogP contribution in [0.3, 0.4) is 0 Å². The van der Waals surface area contributed by atoms with Crippen LogP contribution in [0.5, 0.6) is 0 Å². The minimum absolute atomic E-state index is 0.287. The van der Waals surface area contributed by atoms with Crippen LogP contribution in [0, 0.1) is 11.3 Å². The van der Waals surface area contributed by atoms with E-state index in [-0.39, 0.29) is 12.3 Å². The Labute approximate surface area is 138 Å². The minimum atomic E-state index is -0.436. The first kappa shape index (κ1) is 16.5. The number of halogens is 1. The maximum absolute atomic E-state index is 11.8. The van der Waals surface area contributed by atoms with Crippen LogP contribution in [0.4, 0.5) is 5.69 Å². The van der Waals surface area contributed by atoms with E-state index in [1.165, 1.54) is 0 Å². The van der Waals surface area contributed by atoms with E-state index in [1.807, 2.05) is 6.07 Å². The van der Waals surface area contributed by atoms with Gasteiger partial charge in [-0.1, -0.05) is 29.8 Å². The topological polar surface area (TPSA) is 82.0 Å². The van der Waals surface area contributed by atoms with Crippen molar-refractivity contribution in [2.45, 2.75) is 13.0 Å². The molecule has 0 aliphatic heterocycles. The van der Waals surface area contributed by atoms with Gasteiger partial charge in [0, 0.05) is 17.3 Å². The zero-order valence-corrected chi connectivity index (χ0v) is 12.9. The summed E-state index contributed by atoms with van der Waals surface area (Å²) in [6, 6.07) is 15.6. The lowest BCUT2D eigenvalue weighted by molar-refractivity contribution is -0.126. The molecule has 2 amide bonds. The monoisotopic (exact) mass is 327 g/mol. The van der Waals surface area contributed by atoms with Gasteiger partial charge in [0.1, 0.15) is 6.42 Å². The second kappa shape index (κ2) is 7.97. The lowest BCUT2D eigenvalue weighted by Crippen LogP contribution is -2.27. The Bertz CT molecular complexity index is 751. The van der Waals surface area contributed by atoms with Gasteiger partial charge in [0.2, 0.25) is 11.8 Å². The summed E-state index contributed by atoms with van der Waals surface area (Å²) in [5.74, 6) is -0.817. The highest BCUT2D eigenvalue weighted by molar-refractivity contribution is 6.30. The van der Waals surface area contributed by atoms with Gasteiger partial charge in [0.25, 0.3) is 0 Å². The SMILES string of the molecule is N#Cc1cccc(NC(=O)CC(=O)NCc2ccc(Cl)cc2)c1. The lowest BCUT2D eigenvalue weighted by atomic mass is 10.2. The number of hydrogen-bond donors (Lipinski definition) is 2. The zero-order valence-electron chi connectivity index (χ0n) is 12.2. The number of hydrogen-bond acceptors (Lipinski definition) is 3. The number of benzene rings is 2. The van der Waals surface area contributed by atoms with E-state index in [4.69, 9.17) is 16.9 Å². The van der Waals surface area contributed by atoms with Gasteiger partial charge in [0.15, 0.2) is 0 Å². The van der Waals surface area contributed by atoms with E-state index in [0.717, 1.165) is 5.56 Å². The summed E-state index contributed by atoms with van der Waals surface area (Å²) in [5, 5.41) is 14.7. The van der Waals surface area contributed by atoms with Crippen LogP contribution < -0.4 is 10.6 Å². The zero-order chi connectivity index (χ0) is 16.7. The predicted molar refractivity (Wildman–Crippen MR) is 87.7 cm³/mol. The van der Waals surface area contributed by atoms with E-state index in [2.05, 4.69) is 10.6 Å². The summed E-state index contributed by atoms with van der Waals surface area (Å²) in [6.45, 7) is 0.327. The molecule has 0 bridgehead atoms. The number of nitrogens with zero attached hydrogens (tertiary/aromatic N) is 1. The maximum Gasteiger partial charge on any atom is 0.233 e. The van der Waals surface area contributed by atoms with Crippen molar-refractivity contribution in [1.29, 1.82) is 5.26 Å². The van der Waals surface area contributed by atoms with Crippen LogP contribution in [0.1, 0.15) is 17.5 Å². The molecule has 0 aliphatic carbocycles. The van der Waals surface area contributed by atoms with Gasteiger partial charge in [0.05, 0.1) is 11.6 Å². The molecule has 0 atom stereocenters. The van der Waals surface area contributed by atoms with Gasteiger partial charge in [-0.15, -0.1) is 0 Å². The number of nitrogens with one attached hydrogen (secondary N) is 2. The number of carbonyl (C=O) groups excluding carboxylic acids is 2. The molecule has 0 unspecified atom stereocenters. The van der Waals surface area contributed by atoms with E-state index in [1.54, 1.807) is 48.5 Å². The molecular weight excluding hydrogens is 314 g/mol. The molecule has 2 rings (SSSR count). The Morgan fingerprint density at radius 2 is 1.83 bits per heavy atom. The number of carbonyl (C=O) groups is 2. The molecule has 0 aromatic heterocycles. The third-order valence-corrected chi connectivity index (χ3v) is 3.25. The fraction of sp³-hybridized carbons (Fsp3) is 0.118. The highest BCUT2D eigenvalue weighted by atomic mass is 35.5.